The van der Waals surface area contributed by atoms with Gasteiger partial charge >= 0.3 is 0 Å². The van der Waals surface area contributed by atoms with E-state index in [9.17, 15) is 14.0 Å². The summed E-state index contributed by atoms with van der Waals surface area (Å²) in [6.07, 6.45) is 1.59. The van der Waals surface area contributed by atoms with Crippen molar-refractivity contribution in [3.8, 4) is 0 Å². The number of hydrogen-bond donors (Lipinski definition) is 3. The number of hydrogen-bond acceptors (Lipinski definition) is 3. The van der Waals surface area contributed by atoms with Crippen LogP contribution in [0.1, 0.15) is 35.2 Å². The van der Waals surface area contributed by atoms with Gasteiger partial charge in [-0.25, -0.2) is 4.39 Å². The minimum Gasteiger partial charge on any atom is -0.396 e. The van der Waals surface area contributed by atoms with Gasteiger partial charge in [0.1, 0.15) is 11.9 Å². The van der Waals surface area contributed by atoms with E-state index in [0.29, 0.717) is 24.8 Å². The van der Waals surface area contributed by atoms with Gasteiger partial charge in [-0.2, -0.15) is 0 Å². The normalized spacial score (nSPS) is 11.6. The van der Waals surface area contributed by atoms with Gasteiger partial charge in [0.15, 0.2) is 0 Å². The molecule has 2 amide bonds. The molecule has 0 saturated carbocycles. The second-order valence-corrected chi connectivity index (χ2v) is 5.96. The highest BCUT2D eigenvalue weighted by atomic mass is 19.1. The van der Waals surface area contributed by atoms with Crippen molar-refractivity contribution in [1.82, 2.24) is 10.6 Å². The smallest absolute Gasteiger partial charge is 0.251 e. The molecule has 2 aromatic rings. The van der Waals surface area contributed by atoms with E-state index < -0.39 is 6.04 Å². The van der Waals surface area contributed by atoms with Gasteiger partial charge in [-0.15, -0.1) is 0 Å². The quantitative estimate of drug-likeness (QED) is 0.602. The molecule has 138 valence electrons. The fraction of sp³-hybridized carbons (Fsp3) is 0.300. The highest BCUT2D eigenvalue weighted by Gasteiger charge is 2.20. The summed E-state index contributed by atoms with van der Waals surface area (Å²) in [6, 6.07) is 13.8. The number of benzene rings is 2. The maximum atomic E-state index is 12.9. The summed E-state index contributed by atoms with van der Waals surface area (Å²) in [5.74, 6) is -0.967. The molecular formula is C20H23FN2O3. The molecule has 0 spiro atoms. The molecule has 1 atom stereocenters. The van der Waals surface area contributed by atoms with Gasteiger partial charge in [-0.05, 0) is 49.1 Å². The molecule has 0 aliphatic carbocycles. The number of amides is 2. The molecule has 0 saturated heterocycles. The third-order valence-electron chi connectivity index (χ3n) is 3.94. The summed E-state index contributed by atoms with van der Waals surface area (Å²) in [5, 5.41) is 14.4. The van der Waals surface area contributed by atoms with Crippen molar-refractivity contribution in [3.05, 3.63) is 71.5 Å². The van der Waals surface area contributed by atoms with Crippen LogP contribution in [-0.2, 0) is 11.3 Å². The summed E-state index contributed by atoms with van der Waals surface area (Å²) in [7, 11) is 0. The number of rotatable bonds is 9. The molecule has 0 bridgehead atoms. The Labute approximate surface area is 152 Å². The Morgan fingerprint density at radius 3 is 2.35 bits per heavy atom. The topological polar surface area (TPSA) is 78.4 Å². The van der Waals surface area contributed by atoms with Gasteiger partial charge in [-0.1, -0.05) is 30.3 Å². The van der Waals surface area contributed by atoms with Crippen LogP contribution in [0.25, 0.3) is 0 Å². The minimum absolute atomic E-state index is 0.0382. The van der Waals surface area contributed by atoms with E-state index in [1.165, 1.54) is 12.1 Å². The van der Waals surface area contributed by atoms with Crippen LogP contribution in [0.3, 0.4) is 0 Å². The number of halogens is 1. The van der Waals surface area contributed by atoms with E-state index in [1.54, 1.807) is 36.4 Å². The lowest BCUT2D eigenvalue weighted by molar-refractivity contribution is -0.123. The summed E-state index contributed by atoms with van der Waals surface area (Å²) in [6.45, 7) is 0.285. The first-order chi connectivity index (χ1) is 12.6. The molecule has 0 aliphatic rings. The fourth-order valence-corrected chi connectivity index (χ4v) is 2.47. The lowest BCUT2D eigenvalue weighted by Crippen LogP contribution is -2.46. The van der Waals surface area contributed by atoms with Crippen molar-refractivity contribution in [3.63, 3.8) is 0 Å². The van der Waals surface area contributed by atoms with Gasteiger partial charge in [0.2, 0.25) is 5.91 Å². The molecule has 0 aliphatic heterocycles. The molecule has 3 N–H and O–H groups in total. The number of aliphatic hydroxyl groups excluding tert-OH is 1. The molecule has 0 radical (unpaired) electrons. The number of carbonyl (C=O) groups is 2. The van der Waals surface area contributed by atoms with Gasteiger partial charge in [0.05, 0.1) is 0 Å². The SMILES string of the molecule is O=C(N[C@@H](CCCCO)C(=O)NCc1ccc(F)cc1)c1ccccc1. The Bertz CT molecular complexity index is 705. The van der Waals surface area contributed by atoms with Crippen molar-refractivity contribution in [2.75, 3.05) is 6.61 Å². The van der Waals surface area contributed by atoms with Gasteiger partial charge in [-0.3, -0.25) is 9.59 Å². The second-order valence-electron chi connectivity index (χ2n) is 5.96. The predicted molar refractivity (Wildman–Crippen MR) is 96.9 cm³/mol. The minimum atomic E-state index is -0.699. The van der Waals surface area contributed by atoms with Crippen LogP contribution in [0, 0.1) is 5.82 Å². The van der Waals surface area contributed by atoms with E-state index in [0.717, 1.165) is 5.56 Å². The van der Waals surface area contributed by atoms with E-state index >= 15 is 0 Å². The van der Waals surface area contributed by atoms with Crippen molar-refractivity contribution < 1.29 is 19.1 Å². The molecule has 26 heavy (non-hydrogen) atoms. The van der Waals surface area contributed by atoms with Crippen molar-refractivity contribution in [2.45, 2.75) is 31.8 Å². The van der Waals surface area contributed by atoms with Gasteiger partial charge in [0.25, 0.3) is 5.91 Å². The fourth-order valence-electron chi connectivity index (χ4n) is 2.47. The van der Waals surface area contributed by atoms with Crippen molar-refractivity contribution in [1.29, 1.82) is 0 Å². The first kappa shape index (κ1) is 19.6. The summed E-state index contributed by atoms with van der Waals surface area (Å²) in [4.78, 5) is 24.8. The lowest BCUT2D eigenvalue weighted by atomic mass is 10.1. The molecule has 0 aromatic heterocycles. The van der Waals surface area contributed by atoms with Gasteiger partial charge in [0, 0.05) is 18.7 Å². The lowest BCUT2D eigenvalue weighted by Gasteiger charge is -2.18. The van der Waals surface area contributed by atoms with E-state index in [4.69, 9.17) is 5.11 Å². The largest absolute Gasteiger partial charge is 0.396 e. The Hall–Kier alpha value is -2.73. The molecule has 0 heterocycles. The zero-order valence-corrected chi connectivity index (χ0v) is 14.5. The van der Waals surface area contributed by atoms with E-state index in [2.05, 4.69) is 10.6 Å². The monoisotopic (exact) mass is 358 g/mol. The Balaban J connectivity index is 1.96. The highest BCUT2D eigenvalue weighted by molar-refractivity contribution is 5.97. The van der Waals surface area contributed by atoms with Crippen LogP contribution in [-0.4, -0.2) is 29.6 Å². The van der Waals surface area contributed by atoms with E-state index in [1.807, 2.05) is 6.07 Å². The van der Waals surface area contributed by atoms with Crippen molar-refractivity contribution in [2.24, 2.45) is 0 Å². The number of aliphatic hydroxyl groups is 1. The number of unbranched alkanes of at least 4 members (excludes halogenated alkanes) is 1. The molecule has 6 heteroatoms. The first-order valence-corrected chi connectivity index (χ1v) is 8.59. The molecule has 2 rings (SSSR count). The van der Waals surface area contributed by atoms with Gasteiger partial charge < -0.3 is 15.7 Å². The summed E-state index contributed by atoms with van der Waals surface area (Å²) >= 11 is 0. The second kappa shape index (κ2) is 10.3. The Morgan fingerprint density at radius 1 is 1.00 bits per heavy atom. The third kappa shape index (κ3) is 6.29. The van der Waals surface area contributed by atoms with Crippen LogP contribution in [0.15, 0.2) is 54.6 Å². The summed E-state index contributed by atoms with van der Waals surface area (Å²) < 4.78 is 12.9. The average molecular weight is 358 g/mol. The zero-order chi connectivity index (χ0) is 18.8. The third-order valence-corrected chi connectivity index (χ3v) is 3.94. The number of nitrogens with one attached hydrogen (secondary N) is 2. The molecular weight excluding hydrogens is 335 g/mol. The van der Waals surface area contributed by atoms with Crippen LogP contribution in [0.2, 0.25) is 0 Å². The van der Waals surface area contributed by atoms with Crippen LogP contribution < -0.4 is 10.6 Å². The number of carbonyl (C=O) groups excluding carboxylic acids is 2. The Kier molecular flexibility index (Phi) is 7.76. The van der Waals surface area contributed by atoms with Crippen molar-refractivity contribution >= 4 is 11.8 Å². The van der Waals surface area contributed by atoms with E-state index in [-0.39, 0.29) is 30.8 Å². The standard InChI is InChI=1S/C20H23FN2O3/c21-17-11-9-15(10-12-17)14-22-20(26)18(8-4-5-13-24)23-19(25)16-6-2-1-3-7-16/h1-3,6-7,9-12,18,24H,4-5,8,13-14H2,(H,22,26)(H,23,25)/t18-/m0/s1. The van der Waals surface area contributed by atoms with Crippen LogP contribution in [0.4, 0.5) is 4.39 Å². The predicted octanol–water partition coefficient (Wildman–Crippen LogP) is 2.40. The zero-order valence-electron chi connectivity index (χ0n) is 14.5. The average Bonchev–Trinajstić information content (AvgIpc) is 2.67. The molecule has 0 unspecified atom stereocenters. The summed E-state index contributed by atoms with van der Waals surface area (Å²) in [5.41, 5.74) is 1.24. The van der Waals surface area contributed by atoms with Crippen LogP contribution >= 0.6 is 0 Å². The Morgan fingerprint density at radius 2 is 1.69 bits per heavy atom. The van der Waals surface area contributed by atoms with Crippen LogP contribution in [0.5, 0.6) is 0 Å². The highest BCUT2D eigenvalue weighted by Crippen LogP contribution is 2.06. The molecule has 0 fully saturated rings. The molecule has 5 nitrogen and oxygen atoms in total. The maximum absolute atomic E-state index is 12.9. The maximum Gasteiger partial charge on any atom is 0.251 e. The molecule has 2 aromatic carbocycles. The first-order valence-electron chi connectivity index (χ1n) is 8.59.